The second kappa shape index (κ2) is 7.28. The van der Waals surface area contributed by atoms with Crippen LogP contribution in [-0.4, -0.2) is 10.9 Å². The van der Waals surface area contributed by atoms with E-state index in [1.807, 2.05) is 54.6 Å². The molecule has 0 aliphatic rings. The molecule has 1 amide bonds. The second-order valence-corrected chi connectivity index (χ2v) is 5.21. The van der Waals surface area contributed by atoms with Crippen LogP contribution in [0.1, 0.15) is 16.1 Å². The third-order valence-electron chi connectivity index (χ3n) is 3.39. The number of aromatic nitrogens is 1. The van der Waals surface area contributed by atoms with Gasteiger partial charge < -0.3 is 15.8 Å². The van der Waals surface area contributed by atoms with E-state index < -0.39 is 5.91 Å². The topological polar surface area (TPSA) is 77.2 Å². The molecule has 0 saturated carbocycles. The van der Waals surface area contributed by atoms with Gasteiger partial charge in [-0.3, -0.25) is 9.78 Å². The number of carbonyl (C=O) groups is 1. The molecule has 3 N–H and O–H groups in total. The van der Waals surface area contributed by atoms with Crippen LogP contribution in [0.2, 0.25) is 0 Å². The molecule has 0 radical (unpaired) electrons. The fraction of sp³-hybridized carbons (Fsp3) is 0.0526. The van der Waals surface area contributed by atoms with Crippen LogP contribution in [0.25, 0.3) is 0 Å². The van der Waals surface area contributed by atoms with Crippen LogP contribution >= 0.6 is 0 Å². The van der Waals surface area contributed by atoms with Gasteiger partial charge in [0.2, 0.25) is 0 Å². The first-order valence-electron chi connectivity index (χ1n) is 7.52. The quantitative estimate of drug-likeness (QED) is 0.728. The lowest BCUT2D eigenvalue weighted by molar-refractivity contribution is 0.0995. The average Bonchev–Trinajstić information content (AvgIpc) is 2.61. The summed E-state index contributed by atoms with van der Waals surface area (Å²) in [6.45, 7) is 0.591. The van der Waals surface area contributed by atoms with Gasteiger partial charge in [0.25, 0.3) is 5.91 Å². The second-order valence-electron chi connectivity index (χ2n) is 5.21. The van der Waals surface area contributed by atoms with Gasteiger partial charge in [0.15, 0.2) is 0 Å². The molecule has 5 heteroatoms. The van der Waals surface area contributed by atoms with Crippen LogP contribution < -0.4 is 15.8 Å². The number of ether oxygens (including phenoxy) is 1. The van der Waals surface area contributed by atoms with Gasteiger partial charge in [-0.05, 0) is 42.0 Å². The zero-order valence-electron chi connectivity index (χ0n) is 13.0. The Morgan fingerprint density at radius 3 is 2.58 bits per heavy atom. The molecule has 5 nitrogen and oxygen atoms in total. The number of pyridine rings is 1. The number of para-hydroxylation sites is 1. The van der Waals surface area contributed by atoms with Crippen molar-refractivity contribution in [1.82, 2.24) is 4.98 Å². The number of nitrogens with zero attached hydrogens (tertiary/aromatic N) is 1. The van der Waals surface area contributed by atoms with Gasteiger partial charge in [-0.2, -0.15) is 0 Å². The first-order valence-corrected chi connectivity index (χ1v) is 7.52. The van der Waals surface area contributed by atoms with E-state index in [2.05, 4.69) is 10.3 Å². The maximum absolute atomic E-state index is 11.2. The smallest absolute Gasteiger partial charge is 0.267 e. The van der Waals surface area contributed by atoms with E-state index in [4.69, 9.17) is 10.5 Å². The van der Waals surface area contributed by atoms with Gasteiger partial charge in [-0.25, -0.2) is 0 Å². The van der Waals surface area contributed by atoms with Crippen molar-refractivity contribution in [2.75, 3.05) is 5.32 Å². The summed E-state index contributed by atoms with van der Waals surface area (Å²) in [5.74, 6) is 1.02. The van der Waals surface area contributed by atoms with Gasteiger partial charge >= 0.3 is 0 Å². The summed E-state index contributed by atoms with van der Waals surface area (Å²) in [5, 5.41) is 3.24. The summed E-state index contributed by atoms with van der Waals surface area (Å²) < 4.78 is 5.82. The summed E-state index contributed by atoms with van der Waals surface area (Å²) in [7, 11) is 0. The van der Waals surface area contributed by atoms with E-state index in [0.29, 0.717) is 6.54 Å². The molecule has 3 rings (SSSR count). The lowest BCUT2D eigenvalue weighted by atomic mass is 10.2. The molecule has 1 heterocycles. The van der Waals surface area contributed by atoms with Crippen molar-refractivity contribution in [2.24, 2.45) is 5.73 Å². The Morgan fingerprint density at radius 2 is 1.79 bits per heavy atom. The van der Waals surface area contributed by atoms with E-state index in [-0.39, 0.29) is 5.69 Å². The fourth-order valence-corrected chi connectivity index (χ4v) is 2.22. The monoisotopic (exact) mass is 319 g/mol. The minimum Gasteiger partial charge on any atom is -0.457 e. The number of hydrogen-bond donors (Lipinski definition) is 2. The van der Waals surface area contributed by atoms with E-state index in [9.17, 15) is 4.79 Å². The Hall–Kier alpha value is -3.34. The van der Waals surface area contributed by atoms with Crippen LogP contribution in [0, 0.1) is 0 Å². The number of primary amides is 1. The molecule has 0 aliphatic carbocycles. The molecule has 3 aromatic rings. The Morgan fingerprint density at radius 1 is 1.00 bits per heavy atom. The zero-order valence-corrected chi connectivity index (χ0v) is 13.0. The number of rotatable bonds is 6. The number of benzene rings is 2. The molecule has 2 aromatic carbocycles. The highest BCUT2D eigenvalue weighted by atomic mass is 16.5. The number of anilines is 1. The SMILES string of the molecule is NC(=O)c1cc(NCc2cccc(Oc3ccccc3)c2)ccn1. The molecule has 0 fully saturated rings. The minimum atomic E-state index is -0.545. The Kier molecular flexibility index (Phi) is 4.72. The van der Waals surface area contributed by atoms with Crippen molar-refractivity contribution in [3.05, 3.63) is 84.2 Å². The first-order chi connectivity index (χ1) is 11.7. The lowest BCUT2D eigenvalue weighted by Gasteiger charge is -2.10. The number of carbonyl (C=O) groups excluding carboxylic acids is 1. The fourth-order valence-electron chi connectivity index (χ4n) is 2.22. The van der Waals surface area contributed by atoms with Gasteiger partial charge in [0.05, 0.1) is 0 Å². The molecule has 24 heavy (non-hydrogen) atoms. The number of amides is 1. The predicted molar refractivity (Wildman–Crippen MR) is 93.0 cm³/mol. The molecule has 0 unspecified atom stereocenters. The minimum absolute atomic E-state index is 0.237. The van der Waals surface area contributed by atoms with Crippen LogP contribution in [0.3, 0.4) is 0 Å². The summed E-state index contributed by atoms with van der Waals surface area (Å²) in [6.07, 6.45) is 1.55. The van der Waals surface area contributed by atoms with Crippen LogP contribution in [0.15, 0.2) is 72.9 Å². The molecular formula is C19H17N3O2. The highest BCUT2D eigenvalue weighted by molar-refractivity contribution is 5.91. The molecule has 1 aromatic heterocycles. The normalized spacial score (nSPS) is 10.2. The van der Waals surface area contributed by atoms with E-state index in [1.165, 1.54) is 0 Å². The highest BCUT2D eigenvalue weighted by Crippen LogP contribution is 2.22. The van der Waals surface area contributed by atoms with Crippen molar-refractivity contribution < 1.29 is 9.53 Å². The first kappa shape index (κ1) is 15.6. The standard InChI is InChI=1S/C19H17N3O2/c20-19(23)18-12-15(9-10-21-18)22-13-14-5-4-8-17(11-14)24-16-6-2-1-3-7-16/h1-12H,13H2,(H2,20,23)(H,21,22). The molecule has 0 aliphatic heterocycles. The zero-order chi connectivity index (χ0) is 16.8. The van der Waals surface area contributed by atoms with Gasteiger partial charge in [0.1, 0.15) is 17.2 Å². The van der Waals surface area contributed by atoms with E-state index >= 15 is 0 Å². The van der Waals surface area contributed by atoms with Crippen LogP contribution in [-0.2, 0) is 6.54 Å². The van der Waals surface area contributed by atoms with Gasteiger partial charge in [-0.15, -0.1) is 0 Å². The summed E-state index contributed by atoms with van der Waals surface area (Å²) in [4.78, 5) is 15.1. The predicted octanol–water partition coefficient (Wildman–Crippen LogP) is 3.58. The van der Waals surface area contributed by atoms with Crippen molar-refractivity contribution in [3.63, 3.8) is 0 Å². The maximum Gasteiger partial charge on any atom is 0.267 e. The van der Waals surface area contributed by atoms with Crippen molar-refractivity contribution in [3.8, 4) is 11.5 Å². The lowest BCUT2D eigenvalue weighted by Crippen LogP contribution is -2.13. The molecule has 0 atom stereocenters. The van der Waals surface area contributed by atoms with Crippen LogP contribution in [0.4, 0.5) is 5.69 Å². The van der Waals surface area contributed by atoms with E-state index in [0.717, 1.165) is 22.7 Å². The molecular weight excluding hydrogens is 302 g/mol. The van der Waals surface area contributed by atoms with Crippen molar-refractivity contribution in [2.45, 2.75) is 6.54 Å². The Labute approximate surface area is 140 Å². The molecule has 0 saturated heterocycles. The summed E-state index contributed by atoms with van der Waals surface area (Å²) >= 11 is 0. The van der Waals surface area contributed by atoms with Crippen molar-refractivity contribution in [1.29, 1.82) is 0 Å². The Bertz CT molecular complexity index is 835. The third kappa shape index (κ3) is 4.10. The number of hydrogen-bond acceptors (Lipinski definition) is 4. The van der Waals surface area contributed by atoms with E-state index in [1.54, 1.807) is 18.3 Å². The number of nitrogens with one attached hydrogen (secondary N) is 1. The summed E-state index contributed by atoms with van der Waals surface area (Å²) in [6, 6.07) is 20.9. The average molecular weight is 319 g/mol. The molecule has 0 spiro atoms. The maximum atomic E-state index is 11.2. The largest absolute Gasteiger partial charge is 0.457 e. The molecule has 120 valence electrons. The van der Waals surface area contributed by atoms with Crippen LogP contribution in [0.5, 0.6) is 11.5 Å². The molecule has 0 bridgehead atoms. The highest BCUT2D eigenvalue weighted by Gasteiger charge is 2.03. The number of nitrogens with two attached hydrogens (primary N) is 1. The summed E-state index contributed by atoms with van der Waals surface area (Å²) in [5.41, 5.74) is 7.32. The van der Waals surface area contributed by atoms with Crippen molar-refractivity contribution >= 4 is 11.6 Å². The van der Waals surface area contributed by atoms with Gasteiger partial charge in [-0.1, -0.05) is 30.3 Å². The third-order valence-corrected chi connectivity index (χ3v) is 3.39. The Balaban J connectivity index is 1.66. The van der Waals surface area contributed by atoms with Gasteiger partial charge in [0, 0.05) is 18.4 Å².